The van der Waals surface area contributed by atoms with E-state index in [-0.39, 0.29) is 29.6 Å². The van der Waals surface area contributed by atoms with Gasteiger partial charge in [-0.25, -0.2) is 0 Å². The molecule has 18 heavy (non-hydrogen) atoms. The van der Waals surface area contributed by atoms with E-state index >= 15 is 0 Å². The standard InChI is InChI=1S/C13H23BO4/c1-10(15)16-9-8-11(2,3)14-17-12(4,5)13(6,7)18-14/h8-9H,1-7H3/b9-8+. The molecule has 1 aliphatic heterocycles. The Balaban J connectivity index is 2.77. The summed E-state index contributed by atoms with van der Waals surface area (Å²) in [6.45, 7) is 13.4. The minimum atomic E-state index is -0.375. The largest absolute Gasteiger partial charge is 0.468 e. The van der Waals surface area contributed by atoms with Crippen molar-refractivity contribution in [1.82, 2.24) is 0 Å². The summed E-state index contributed by atoms with van der Waals surface area (Å²) in [5.41, 5.74) is -0.714. The van der Waals surface area contributed by atoms with Gasteiger partial charge >= 0.3 is 13.1 Å². The van der Waals surface area contributed by atoms with E-state index in [0.717, 1.165) is 0 Å². The fourth-order valence-corrected chi connectivity index (χ4v) is 1.53. The van der Waals surface area contributed by atoms with Crippen LogP contribution in [0.3, 0.4) is 0 Å². The third-order valence-corrected chi connectivity index (χ3v) is 3.59. The summed E-state index contributed by atoms with van der Waals surface area (Å²) in [7, 11) is -0.366. The van der Waals surface area contributed by atoms with Gasteiger partial charge in [0.05, 0.1) is 17.5 Å². The lowest BCUT2D eigenvalue weighted by molar-refractivity contribution is -0.135. The summed E-state index contributed by atoms with van der Waals surface area (Å²) >= 11 is 0. The summed E-state index contributed by atoms with van der Waals surface area (Å²) in [6, 6.07) is 0. The molecule has 0 bridgehead atoms. The Morgan fingerprint density at radius 2 is 1.61 bits per heavy atom. The second-order valence-corrected chi connectivity index (χ2v) is 6.32. The maximum Gasteiger partial charge on any atom is 0.468 e. The average Bonchev–Trinajstić information content (AvgIpc) is 2.35. The minimum absolute atomic E-state index is 0.337. The zero-order valence-electron chi connectivity index (χ0n) is 12.4. The van der Waals surface area contributed by atoms with Crippen LogP contribution in [0.2, 0.25) is 5.31 Å². The summed E-state index contributed by atoms with van der Waals surface area (Å²) in [5.74, 6) is -0.337. The van der Waals surface area contributed by atoms with Crippen molar-refractivity contribution in [2.75, 3.05) is 0 Å². The number of hydrogen-bond acceptors (Lipinski definition) is 4. The molecule has 1 heterocycles. The van der Waals surface area contributed by atoms with Gasteiger partial charge in [0.15, 0.2) is 0 Å². The number of allylic oxidation sites excluding steroid dienone is 1. The Kier molecular flexibility index (Phi) is 3.99. The smallest absolute Gasteiger partial charge is 0.435 e. The number of hydrogen-bond donors (Lipinski definition) is 0. The number of esters is 1. The number of rotatable bonds is 3. The molecular weight excluding hydrogens is 231 g/mol. The van der Waals surface area contributed by atoms with Crippen molar-refractivity contribution >= 4 is 13.1 Å². The Hall–Kier alpha value is -0.805. The Bertz CT molecular complexity index is 342. The van der Waals surface area contributed by atoms with Crippen LogP contribution in [-0.4, -0.2) is 24.3 Å². The highest BCUT2D eigenvalue weighted by molar-refractivity contribution is 6.50. The molecule has 0 amide bonds. The fraction of sp³-hybridized carbons (Fsp3) is 0.769. The van der Waals surface area contributed by atoms with Gasteiger partial charge in [-0.3, -0.25) is 4.79 Å². The molecule has 102 valence electrons. The molecule has 0 aromatic carbocycles. The van der Waals surface area contributed by atoms with Crippen LogP contribution in [0.4, 0.5) is 0 Å². The van der Waals surface area contributed by atoms with Crippen LogP contribution in [-0.2, 0) is 18.8 Å². The second-order valence-electron chi connectivity index (χ2n) is 6.32. The molecule has 0 unspecified atom stereocenters. The number of ether oxygens (including phenoxy) is 1. The van der Waals surface area contributed by atoms with Crippen LogP contribution < -0.4 is 0 Å². The lowest BCUT2D eigenvalue weighted by Gasteiger charge is -2.32. The lowest BCUT2D eigenvalue weighted by Crippen LogP contribution is -2.41. The van der Waals surface area contributed by atoms with E-state index in [1.54, 1.807) is 6.08 Å². The highest BCUT2D eigenvalue weighted by atomic mass is 16.7. The van der Waals surface area contributed by atoms with Gasteiger partial charge in [-0.1, -0.05) is 13.8 Å². The van der Waals surface area contributed by atoms with Crippen molar-refractivity contribution in [3.63, 3.8) is 0 Å². The van der Waals surface area contributed by atoms with Gasteiger partial charge in [0, 0.05) is 12.2 Å². The first-order chi connectivity index (χ1) is 7.98. The van der Waals surface area contributed by atoms with Crippen molar-refractivity contribution in [3.05, 3.63) is 12.3 Å². The lowest BCUT2D eigenvalue weighted by atomic mass is 9.60. The van der Waals surface area contributed by atoms with Crippen LogP contribution in [0.1, 0.15) is 48.5 Å². The Morgan fingerprint density at radius 1 is 1.17 bits per heavy atom. The molecule has 0 saturated carbocycles. The molecule has 4 nitrogen and oxygen atoms in total. The summed E-state index contributed by atoms with van der Waals surface area (Å²) in [4.78, 5) is 10.7. The summed E-state index contributed by atoms with van der Waals surface area (Å²) in [6.07, 6.45) is 3.18. The SMILES string of the molecule is CC(=O)O/C=C/C(C)(C)B1OC(C)(C)C(C)(C)O1. The molecule has 1 rings (SSSR count). The third kappa shape index (κ3) is 3.15. The highest BCUT2D eigenvalue weighted by Gasteiger charge is 2.55. The molecule has 0 aromatic heterocycles. The normalized spacial score (nSPS) is 22.5. The van der Waals surface area contributed by atoms with Crippen LogP contribution >= 0.6 is 0 Å². The van der Waals surface area contributed by atoms with Crippen LogP contribution in [0.15, 0.2) is 12.3 Å². The average molecular weight is 254 g/mol. The molecule has 0 atom stereocenters. The molecule has 0 aliphatic carbocycles. The van der Waals surface area contributed by atoms with Gasteiger partial charge < -0.3 is 14.0 Å². The third-order valence-electron chi connectivity index (χ3n) is 3.59. The van der Waals surface area contributed by atoms with Gasteiger partial charge in [-0.2, -0.15) is 0 Å². The van der Waals surface area contributed by atoms with Crippen molar-refractivity contribution in [3.8, 4) is 0 Å². The van der Waals surface area contributed by atoms with E-state index in [0.29, 0.717) is 0 Å². The zero-order chi connectivity index (χ0) is 14.2. The first-order valence-corrected chi connectivity index (χ1v) is 6.18. The van der Waals surface area contributed by atoms with Crippen LogP contribution in [0, 0.1) is 0 Å². The topological polar surface area (TPSA) is 44.8 Å². The van der Waals surface area contributed by atoms with E-state index in [1.807, 2.05) is 41.5 Å². The van der Waals surface area contributed by atoms with Crippen molar-refractivity contribution in [2.24, 2.45) is 0 Å². The predicted octanol–water partition coefficient (Wildman–Crippen LogP) is 2.94. The van der Waals surface area contributed by atoms with Gasteiger partial charge in [0.2, 0.25) is 0 Å². The van der Waals surface area contributed by atoms with E-state index in [4.69, 9.17) is 14.0 Å². The molecule has 0 radical (unpaired) electrons. The number of carbonyl (C=O) groups is 1. The minimum Gasteiger partial charge on any atom is -0.435 e. The van der Waals surface area contributed by atoms with Gasteiger partial charge in [0.25, 0.3) is 0 Å². The molecular formula is C13H23BO4. The van der Waals surface area contributed by atoms with Crippen LogP contribution in [0.25, 0.3) is 0 Å². The highest BCUT2D eigenvalue weighted by Crippen LogP contribution is 2.45. The molecule has 0 N–H and O–H groups in total. The van der Waals surface area contributed by atoms with Gasteiger partial charge in [0.1, 0.15) is 0 Å². The molecule has 1 saturated heterocycles. The van der Waals surface area contributed by atoms with Crippen molar-refractivity contribution < 1.29 is 18.8 Å². The maximum atomic E-state index is 10.7. The van der Waals surface area contributed by atoms with E-state index in [2.05, 4.69) is 0 Å². The molecule has 1 aliphatic rings. The van der Waals surface area contributed by atoms with E-state index in [1.165, 1.54) is 13.2 Å². The first-order valence-electron chi connectivity index (χ1n) is 6.18. The monoisotopic (exact) mass is 254 g/mol. The number of carbonyl (C=O) groups excluding carboxylic acids is 1. The van der Waals surface area contributed by atoms with E-state index < -0.39 is 0 Å². The molecule has 5 heteroatoms. The van der Waals surface area contributed by atoms with E-state index in [9.17, 15) is 4.79 Å². The molecule has 1 fully saturated rings. The maximum absolute atomic E-state index is 10.7. The quantitative estimate of drug-likeness (QED) is 0.441. The second kappa shape index (κ2) is 4.70. The summed E-state index contributed by atoms with van der Waals surface area (Å²) in [5, 5.41) is -0.375. The van der Waals surface area contributed by atoms with Crippen molar-refractivity contribution in [2.45, 2.75) is 65.0 Å². The van der Waals surface area contributed by atoms with Crippen molar-refractivity contribution in [1.29, 1.82) is 0 Å². The Labute approximate surface area is 110 Å². The fourth-order valence-electron chi connectivity index (χ4n) is 1.53. The van der Waals surface area contributed by atoms with Crippen LogP contribution in [0.5, 0.6) is 0 Å². The first kappa shape index (κ1) is 15.3. The summed E-state index contributed by atoms with van der Waals surface area (Å²) < 4.78 is 16.8. The van der Waals surface area contributed by atoms with Gasteiger partial charge in [-0.15, -0.1) is 0 Å². The predicted molar refractivity (Wildman–Crippen MR) is 71.0 cm³/mol. The zero-order valence-corrected chi connectivity index (χ0v) is 12.4. The Morgan fingerprint density at radius 3 is 2.00 bits per heavy atom. The molecule has 0 aromatic rings. The molecule has 0 spiro atoms. The van der Waals surface area contributed by atoms with Gasteiger partial charge in [-0.05, 0) is 33.8 Å².